The van der Waals surface area contributed by atoms with Crippen LogP contribution in [0, 0.1) is 0 Å². The van der Waals surface area contributed by atoms with E-state index in [2.05, 4.69) is 15.9 Å². The van der Waals surface area contributed by atoms with Gasteiger partial charge in [0.05, 0.1) is 4.47 Å². The number of halogens is 1. The number of phenolic OH excluding ortho intramolecular Hbond substituents is 1. The van der Waals surface area contributed by atoms with Crippen LogP contribution in [0.2, 0.25) is 0 Å². The lowest BCUT2D eigenvalue weighted by Gasteiger charge is -1.90. The Morgan fingerprint density at radius 1 is 1.22 bits per heavy atom. The SMILES string of the molecule is Oc1ccccc1Br.[Al]. The molecule has 45 valence electrons. The summed E-state index contributed by atoms with van der Waals surface area (Å²) in [6.45, 7) is 0. The number of benzene rings is 1. The molecule has 0 saturated carbocycles. The van der Waals surface area contributed by atoms with Gasteiger partial charge in [0.25, 0.3) is 0 Å². The first-order valence-corrected chi connectivity index (χ1v) is 3.03. The van der Waals surface area contributed by atoms with Gasteiger partial charge in [0.15, 0.2) is 0 Å². The van der Waals surface area contributed by atoms with Crippen molar-refractivity contribution < 1.29 is 5.11 Å². The molecular formula is C6H5AlBrO. The van der Waals surface area contributed by atoms with Crippen LogP contribution in [0.4, 0.5) is 0 Å². The second-order valence-electron chi connectivity index (χ2n) is 1.45. The molecule has 0 heterocycles. The molecule has 0 atom stereocenters. The van der Waals surface area contributed by atoms with Crippen molar-refractivity contribution in [3.8, 4) is 5.75 Å². The molecule has 0 aliphatic heterocycles. The van der Waals surface area contributed by atoms with Crippen LogP contribution in [0.25, 0.3) is 0 Å². The quantitative estimate of drug-likeness (QED) is 0.632. The molecule has 0 spiro atoms. The van der Waals surface area contributed by atoms with Crippen LogP contribution in [-0.4, -0.2) is 22.5 Å². The maximum atomic E-state index is 8.87. The second kappa shape index (κ2) is 3.95. The highest BCUT2D eigenvalue weighted by molar-refractivity contribution is 9.10. The van der Waals surface area contributed by atoms with Crippen molar-refractivity contribution in [1.82, 2.24) is 0 Å². The monoisotopic (exact) mass is 199 g/mol. The smallest absolute Gasteiger partial charge is 0.129 e. The Bertz CT molecular complexity index is 169. The number of aromatic hydroxyl groups is 1. The van der Waals surface area contributed by atoms with Crippen LogP contribution < -0.4 is 0 Å². The Morgan fingerprint density at radius 2 is 1.78 bits per heavy atom. The Labute approximate surface area is 73.0 Å². The number of para-hydroxylation sites is 1. The molecule has 1 N–H and O–H groups in total. The molecule has 1 aromatic carbocycles. The fourth-order valence-electron chi connectivity index (χ4n) is 0.452. The third-order valence-electron chi connectivity index (χ3n) is 0.852. The summed E-state index contributed by atoms with van der Waals surface area (Å²) in [7, 11) is 0. The number of hydrogen-bond acceptors (Lipinski definition) is 1. The van der Waals surface area contributed by atoms with Gasteiger partial charge in [0.2, 0.25) is 0 Å². The Kier molecular flexibility index (Phi) is 3.96. The Hall–Kier alpha value is 0.0325. The molecule has 0 saturated heterocycles. The second-order valence-corrected chi connectivity index (χ2v) is 2.31. The van der Waals surface area contributed by atoms with Crippen LogP contribution in [-0.2, 0) is 0 Å². The van der Waals surface area contributed by atoms with Gasteiger partial charge in [-0.3, -0.25) is 0 Å². The number of phenols is 1. The van der Waals surface area contributed by atoms with Crippen molar-refractivity contribution >= 4 is 33.3 Å². The summed E-state index contributed by atoms with van der Waals surface area (Å²) in [6.07, 6.45) is 0. The minimum Gasteiger partial charge on any atom is -0.507 e. The normalized spacial score (nSPS) is 8.11. The van der Waals surface area contributed by atoms with Gasteiger partial charge >= 0.3 is 0 Å². The third-order valence-corrected chi connectivity index (χ3v) is 1.52. The zero-order valence-electron chi connectivity index (χ0n) is 4.71. The molecule has 0 aliphatic rings. The van der Waals surface area contributed by atoms with E-state index in [1.807, 2.05) is 6.07 Å². The zero-order valence-corrected chi connectivity index (χ0v) is 7.45. The van der Waals surface area contributed by atoms with Gasteiger partial charge in [0, 0.05) is 17.4 Å². The lowest BCUT2D eigenvalue weighted by Crippen LogP contribution is -1.63. The van der Waals surface area contributed by atoms with Crippen molar-refractivity contribution in [2.75, 3.05) is 0 Å². The first kappa shape index (κ1) is 9.03. The van der Waals surface area contributed by atoms with Crippen LogP contribution in [0.3, 0.4) is 0 Å². The van der Waals surface area contributed by atoms with Crippen molar-refractivity contribution in [2.24, 2.45) is 0 Å². The summed E-state index contributed by atoms with van der Waals surface area (Å²) in [6, 6.07) is 7.04. The lowest BCUT2D eigenvalue weighted by molar-refractivity contribution is 0.472. The Balaban J connectivity index is 0.000000640. The molecule has 0 aliphatic carbocycles. The van der Waals surface area contributed by atoms with Crippen molar-refractivity contribution in [2.45, 2.75) is 0 Å². The minimum absolute atomic E-state index is 0. The Morgan fingerprint density at radius 3 is 2.11 bits per heavy atom. The van der Waals surface area contributed by atoms with E-state index in [1.165, 1.54) is 0 Å². The molecule has 9 heavy (non-hydrogen) atoms. The highest BCUT2D eigenvalue weighted by Gasteiger charge is 1.89. The first-order valence-electron chi connectivity index (χ1n) is 2.24. The summed E-state index contributed by atoms with van der Waals surface area (Å²) in [5.74, 6) is 0.285. The maximum absolute atomic E-state index is 8.87. The minimum atomic E-state index is 0. The zero-order chi connectivity index (χ0) is 5.98. The van der Waals surface area contributed by atoms with Crippen LogP contribution in [0.1, 0.15) is 0 Å². The predicted octanol–water partition coefficient (Wildman–Crippen LogP) is 1.77. The summed E-state index contributed by atoms with van der Waals surface area (Å²) in [5, 5.41) is 8.87. The van der Waals surface area contributed by atoms with Gasteiger partial charge < -0.3 is 5.11 Å². The van der Waals surface area contributed by atoms with E-state index < -0.39 is 0 Å². The summed E-state index contributed by atoms with van der Waals surface area (Å²) in [5.41, 5.74) is 0. The maximum Gasteiger partial charge on any atom is 0.129 e. The topological polar surface area (TPSA) is 20.2 Å². The van der Waals surface area contributed by atoms with Crippen LogP contribution >= 0.6 is 15.9 Å². The lowest BCUT2D eigenvalue weighted by atomic mass is 10.3. The molecule has 3 heteroatoms. The predicted molar refractivity (Wildman–Crippen MR) is 41.6 cm³/mol. The average Bonchev–Trinajstić information content (AvgIpc) is 1.77. The van der Waals surface area contributed by atoms with Gasteiger partial charge in [-0.25, -0.2) is 0 Å². The van der Waals surface area contributed by atoms with Gasteiger partial charge in [0.1, 0.15) is 5.75 Å². The van der Waals surface area contributed by atoms with Gasteiger partial charge in [-0.1, -0.05) is 12.1 Å². The molecular weight excluding hydrogens is 195 g/mol. The molecule has 0 unspecified atom stereocenters. The van der Waals surface area contributed by atoms with E-state index in [0.717, 1.165) is 4.47 Å². The summed E-state index contributed by atoms with van der Waals surface area (Å²) < 4.78 is 0.736. The molecule has 1 nitrogen and oxygen atoms in total. The molecule has 0 bridgehead atoms. The highest BCUT2D eigenvalue weighted by Crippen LogP contribution is 2.21. The largest absolute Gasteiger partial charge is 0.507 e. The van der Waals surface area contributed by atoms with E-state index in [9.17, 15) is 0 Å². The third kappa shape index (κ3) is 2.40. The van der Waals surface area contributed by atoms with Crippen LogP contribution in [0.5, 0.6) is 5.75 Å². The molecule has 1 rings (SSSR count). The number of rotatable bonds is 0. The molecule has 3 radical (unpaired) electrons. The molecule has 0 fully saturated rings. The first-order chi connectivity index (χ1) is 3.80. The van der Waals surface area contributed by atoms with Crippen molar-refractivity contribution in [3.63, 3.8) is 0 Å². The van der Waals surface area contributed by atoms with E-state index in [1.54, 1.807) is 18.2 Å². The van der Waals surface area contributed by atoms with Gasteiger partial charge in [-0.15, -0.1) is 0 Å². The van der Waals surface area contributed by atoms with Gasteiger partial charge in [-0.2, -0.15) is 0 Å². The molecule has 1 aromatic rings. The standard InChI is InChI=1S/C6H5BrO.Al/c7-5-3-1-2-4-6(5)8;/h1-4,8H;. The van der Waals surface area contributed by atoms with Crippen molar-refractivity contribution in [1.29, 1.82) is 0 Å². The molecule has 0 aromatic heterocycles. The fourth-order valence-corrected chi connectivity index (χ4v) is 0.737. The summed E-state index contributed by atoms with van der Waals surface area (Å²) in [4.78, 5) is 0. The fraction of sp³-hybridized carbons (Fsp3) is 0. The van der Waals surface area contributed by atoms with Gasteiger partial charge in [-0.05, 0) is 28.1 Å². The van der Waals surface area contributed by atoms with Crippen molar-refractivity contribution in [3.05, 3.63) is 28.7 Å². The van der Waals surface area contributed by atoms with E-state index in [4.69, 9.17) is 5.11 Å². The number of hydrogen-bond donors (Lipinski definition) is 1. The molecule has 0 amide bonds. The summed E-state index contributed by atoms with van der Waals surface area (Å²) >= 11 is 3.15. The highest BCUT2D eigenvalue weighted by atomic mass is 79.9. The average molecular weight is 200 g/mol. The van der Waals surface area contributed by atoms with Crippen LogP contribution in [0.15, 0.2) is 28.7 Å². The van der Waals surface area contributed by atoms with E-state index in [-0.39, 0.29) is 23.1 Å². The van der Waals surface area contributed by atoms with E-state index in [0.29, 0.717) is 0 Å². The van der Waals surface area contributed by atoms with E-state index >= 15 is 0 Å².